The van der Waals surface area contributed by atoms with Gasteiger partial charge >= 0.3 is 5.97 Å². The van der Waals surface area contributed by atoms with Crippen molar-refractivity contribution in [1.29, 1.82) is 0 Å². The van der Waals surface area contributed by atoms with Gasteiger partial charge < -0.3 is 4.74 Å². The molecule has 0 aliphatic carbocycles. The van der Waals surface area contributed by atoms with Crippen molar-refractivity contribution in [2.45, 2.75) is 11.8 Å². The van der Waals surface area contributed by atoms with Crippen LogP contribution in [-0.4, -0.2) is 12.6 Å². The lowest BCUT2D eigenvalue weighted by atomic mass is 10.4. The molecule has 1 aromatic carbocycles. The van der Waals surface area contributed by atoms with Crippen LogP contribution in [0.5, 0.6) is 0 Å². The minimum Gasteiger partial charge on any atom is -0.463 e. The van der Waals surface area contributed by atoms with E-state index in [1.54, 1.807) is 12.3 Å². The maximum atomic E-state index is 10.9. The quantitative estimate of drug-likeness (QED) is 0.432. The smallest absolute Gasteiger partial charge is 0.331 e. The lowest BCUT2D eigenvalue weighted by molar-refractivity contribution is -0.137. The highest BCUT2D eigenvalue weighted by atomic mass is 32.2. The number of rotatable bonds is 4. The zero-order valence-corrected chi connectivity index (χ0v) is 8.79. The van der Waals surface area contributed by atoms with Gasteiger partial charge in [-0.1, -0.05) is 30.0 Å². The number of thioether (sulfide) groups is 1. The Morgan fingerprint density at radius 3 is 2.79 bits per heavy atom. The molecule has 0 heterocycles. The highest BCUT2D eigenvalue weighted by Gasteiger charge is 1.93. The molecule has 0 N–H and O–H groups in total. The predicted octanol–water partition coefficient (Wildman–Crippen LogP) is 2.86. The van der Waals surface area contributed by atoms with Crippen LogP contribution in [-0.2, 0) is 9.53 Å². The zero-order chi connectivity index (χ0) is 10.2. The Bertz CT molecular complexity index is 306. The third-order valence-electron chi connectivity index (χ3n) is 1.44. The number of carbonyl (C=O) groups is 1. The monoisotopic (exact) mass is 208 g/mol. The van der Waals surface area contributed by atoms with Crippen molar-refractivity contribution in [3.63, 3.8) is 0 Å². The lowest BCUT2D eigenvalue weighted by Crippen LogP contribution is -1.98. The van der Waals surface area contributed by atoms with Crippen molar-refractivity contribution in [3.8, 4) is 0 Å². The van der Waals surface area contributed by atoms with Crippen molar-refractivity contribution in [2.75, 3.05) is 6.61 Å². The van der Waals surface area contributed by atoms with Gasteiger partial charge in [-0.05, 0) is 24.5 Å². The SMILES string of the molecule is CCOC(=O)C=CSc1ccccc1. The number of benzene rings is 1. The average molecular weight is 208 g/mol. The van der Waals surface area contributed by atoms with Crippen molar-refractivity contribution in [3.05, 3.63) is 41.8 Å². The van der Waals surface area contributed by atoms with Crippen molar-refractivity contribution in [1.82, 2.24) is 0 Å². The van der Waals surface area contributed by atoms with Gasteiger partial charge in [0.1, 0.15) is 0 Å². The molecule has 0 aromatic heterocycles. The van der Waals surface area contributed by atoms with E-state index in [1.807, 2.05) is 30.3 Å². The van der Waals surface area contributed by atoms with E-state index in [2.05, 4.69) is 0 Å². The molecular formula is C11H12O2S. The molecular weight excluding hydrogens is 196 g/mol. The molecule has 0 bridgehead atoms. The Balaban J connectivity index is 2.37. The summed E-state index contributed by atoms with van der Waals surface area (Å²) in [5.74, 6) is -0.295. The molecule has 74 valence electrons. The second kappa shape index (κ2) is 6.27. The fourth-order valence-corrected chi connectivity index (χ4v) is 1.51. The van der Waals surface area contributed by atoms with E-state index < -0.39 is 0 Å². The van der Waals surface area contributed by atoms with E-state index in [0.717, 1.165) is 4.90 Å². The minimum atomic E-state index is -0.295. The van der Waals surface area contributed by atoms with Gasteiger partial charge in [0.25, 0.3) is 0 Å². The van der Waals surface area contributed by atoms with Gasteiger partial charge in [0.05, 0.1) is 6.61 Å². The second-order valence-electron chi connectivity index (χ2n) is 2.49. The van der Waals surface area contributed by atoms with E-state index in [-0.39, 0.29) is 5.97 Å². The molecule has 0 fully saturated rings. The summed E-state index contributed by atoms with van der Waals surface area (Å²) in [7, 11) is 0. The third-order valence-corrected chi connectivity index (χ3v) is 2.25. The van der Waals surface area contributed by atoms with E-state index in [9.17, 15) is 4.79 Å². The first kappa shape index (κ1) is 10.9. The van der Waals surface area contributed by atoms with E-state index in [1.165, 1.54) is 17.8 Å². The van der Waals surface area contributed by atoms with Gasteiger partial charge in [0.2, 0.25) is 0 Å². The Hall–Kier alpha value is -1.22. The van der Waals surface area contributed by atoms with Crippen LogP contribution >= 0.6 is 11.8 Å². The van der Waals surface area contributed by atoms with E-state index in [0.29, 0.717) is 6.61 Å². The molecule has 0 atom stereocenters. The fourth-order valence-electron chi connectivity index (χ4n) is 0.858. The summed E-state index contributed by atoms with van der Waals surface area (Å²) in [6.45, 7) is 2.20. The van der Waals surface area contributed by atoms with Crippen LogP contribution in [0.25, 0.3) is 0 Å². The topological polar surface area (TPSA) is 26.3 Å². The Morgan fingerprint density at radius 2 is 2.14 bits per heavy atom. The average Bonchev–Trinajstić information content (AvgIpc) is 2.20. The third kappa shape index (κ3) is 4.14. The van der Waals surface area contributed by atoms with E-state index in [4.69, 9.17) is 4.74 Å². The first-order valence-electron chi connectivity index (χ1n) is 4.38. The van der Waals surface area contributed by atoms with Gasteiger partial charge in [-0.25, -0.2) is 4.79 Å². The first-order valence-corrected chi connectivity index (χ1v) is 5.26. The van der Waals surface area contributed by atoms with Crippen LogP contribution in [0.4, 0.5) is 0 Å². The van der Waals surface area contributed by atoms with Crippen molar-refractivity contribution < 1.29 is 9.53 Å². The summed E-state index contributed by atoms with van der Waals surface area (Å²) in [6, 6.07) is 9.85. The summed E-state index contributed by atoms with van der Waals surface area (Å²) >= 11 is 1.49. The number of carbonyl (C=O) groups excluding carboxylic acids is 1. The normalized spacial score (nSPS) is 10.4. The molecule has 2 nitrogen and oxygen atoms in total. The highest BCUT2D eigenvalue weighted by Crippen LogP contribution is 2.17. The number of esters is 1. The summed E-state index contributed by atoms with van der Waals surface area (Å²) < 4.78 is 4.74. The minimum absolute atomic E-state index is 0.295. The molecule has 0 saturated heterocycles. The van der Waals surface area contributed by atoms with E-state index >= 15 is 0 Å². The fraction of sp³-hybridized carbons (Fsp3) is 0.182. The molecule has 1 rings (SSSR count). The van der Waals surface area contributed by atoms with Crippen molar-refractivity contribution in [2.24, 2.45) is 0 Å². The first-order chi connectivity index (χ1) is 6.83. The maximum absolute atomic E-state index is 10.9. The Kier molecular flexibility index (Phi) is 4.86. The van der Waals surface area contributed by atoms with Crippen LogP contribution in [0.2, 0.25) is 0 Å². The van der Waals surface area contributed by atoms with Crippen LogP contribution < -0.4 is 0 Å². The standard InChI is InChI=1S/C11H12O2S/c1-2-13-11(12)8-9-14-10-6-4-3-5-7-10/h3-9H,2H2,1H3. The summed E-state index contributed by atoms with van der Waals surface area (Å²) in [5.41, 5.74) is 0. The van der Waals surface area contributed by atoms with Crippen LogP contribution in [0.15, 0.2) is 46.7 Å². The summed E-state index contributed by atoms with van der Waals surface area (Å²) in [6.07, 6.45) is 1.43. The molecule has 14 heavy (non-hydrogen) atoms. The van der Waals surface area contributed by atoms with Gasteiger partial charge in [0.15, 0.2) is 0 Å². The van der Waals surface area contributed by atoms with Gasteiger partial charge in [0, 0.05) is 11.0 Å². The predicted molar refractivity (Wildman–Crippen MR) is 58.1 cm³/mol. The molecule has 0 unspecified atom stereocenters. The second-order valence-corrected chi connectivity index (χ2v) is 3.46. The molecule has 0 amide bonds. The largest absolute Gasteiger partial charge is 0.463 e. The zero-order valence-electron chi connectivity index (χ0n) is 7.97. The number of hydrogen-bond donors (Lipinski definition) is 0. The Morgan fingerprint density at radius 1 is 1.43 bits per heavy atom. The van der Waals surface area contributed by atoms with Gasteiger partial charge in [-0.2, -0.15) is 0 Å². The number of hydrogen-bond acceptors (Lipinski definition) is 3. The molecule has 3 heteroatoms. The van der Waals surface area contributed by atoms with Crippen molar-refractivity contribution >= 4 is 17.7 Å². The summed E-state index contributed by atoms with van der Waals surface area (Å²) in [5, 5.41) is 1.73. The van der Waals surface area contributed by atoms with Crippen LogP contribution in [0.1, 0.15) is 6.92 Å². The number of ether oxygens (including phenoxy) is 1. The molecule has 0 aliphatic rings. The Labute approximate surface area is 88.0 Å². The lowest BCUT2D eigenvalue weighted by Gasteiger charge is -1.95. The van der Waals surface area contributed by atoms with Crippen LogP contribution in [0, 0.1) is 0 Å². The summed E-state index contributed by atoms with van der Waals surface area (Å²) in [4.78, 5) is 12.0. The molecule has 0 radical (unpaired) electrons. The van der Waals surface area contributed by atoms with Crippen LogP contribution in [0.3, 0.4) is 0 Å². The molecule has 1 aromatic rings. The highest BCUT2D eigenvalue weighted by molar-refractivity contribution is 8.02. The van der Waals surface area contributed by atoms with Gasteiger partial charge in [-0.15, -0.1) is 0 Å². The molecule has 0 saturated carbocycles. The maximum Gasteiger partial charge on any atom is 0.331 e. The molecule has 0 spiro atoms. The molecule has 0 aliphatic heterocycles. The van der Waals surface area contributed by atoms with Gasteiger partial charge in [-0.3, -0.25) is 0 Å².